The van der Waals surface area contributed by atoms with Crippen LogP contribution in [0.15, 0.2) is 97.6 Å². The van der Waals surface area contributed by atoms with Crippen LogP contribution in [0.2, 0.25) is 0 Å². The topological polar surface area (TPSA) is 143 Å². The van der Waals surface area contributed by atoms with Gasteiger partial charge in [-0.3, -0.25) is 4.79 Å². The largest absolute Gasteiger partial charge is 0.342 e. The molecular weight excluding hydrogens is 460 g/mol. The van der Waals surface area contributed by atoms with Gasteiger partial charge in [0.05, 0.1) is 6.04 Å². The van der Waals surface area contributed by atoms with Gasteiger partial charge in [-0.05, 0) is 35.4 Å². The molecule has 5 rings (SSSR count). The summed E-state index contributed by atoms with van der Waals surface area (Å²) in [5.74, 6) is -0.0617. The van der Waals surface area contributed by atoms with E-state index in [0.717, 1.165) is 12.1 Å². The number of carbonyl (C=O) groups is 1. The molecule has 0 bridgehead atoms. The number of fused-ring (bicyclic) bond motifs is 1. The predicted octanol–water partition coefficient (Wildman–Crippen LogP) is -1.33. The molecule has 0 fully saturated rings. The van der Waals surface area contributed by atoms with E-state index in [0.29, 0.717) is 5.56 Å². The summed E-state index contributed by atoms with van der Waals surface area (Å²) < 4.78 is 37.9. The summed E-state index contributed by atoms with van der Waals surface area (Å²) in [5, 5.41) is 7.78. The summed E-state index contributed by atoms with van der Waals surface area (Å²) in [6.45, 7) is 0. The van der Waals surface area contributed by atoms with Crippen molar-refractivity contribution in [2.75, 3.05) is 0 Å². The Bertz CT molecular complexity index is 1240. The fourth-order valence-electron chi connectivity index (χ4n) is 4.03. The van der Waals surface area contributed by atoms with E-state index in [1.165, 1.54) is 11.1 Å². The lowest BCUT2D eigenvalue weighted by molar-refractivity contribution is -2.00. The van der Waals surface area contributed by atoms with Gasteiger partial charge in [0.15, 0.2) is 0 Å². The Hall–Kier alpha value is -3.60. The fourth-order valence-corrected chi connectivity index (χ4v) is 4.03. The highest BCUT2D eigenvalue weighted by molar-refractivity contribution is 5.94. The van der Waals surface area contributed by atoms with Crippen LogP contribution < -0.4 is 28.5 Å². The standard InChI is InChI=1S/C24H20N4O.ClHO4/c29-24(18-9-3-1-4-10-18)26-23-21-14-8-7-11-19(21)15-22(23)27-16-25-28(17-27)20-12-5-2-6-13-20;2-1(3,4)5/h1-14,16-17,22-23H,15H2;(H,2,3,4,5)/t22-,23-;/m1./s1. The summed E-state index contributed by atoms with van der Waals surface area (Å²) in [7, 11) is -4.94. The number of para-hydroxylation sites is 1. The molecule has 0 saturated heterocycles. The Kier molecular flexibility index (Phi) is 7.01. The highest BCUT2D eigenvalue weighted by Gasteiger charge is 2.37. The zero-order valence-corrected chi connectivity index (χ0v) is 18.6. The number of nitrogens with one attached hydrogen (secondary N) is 1. The van der Waals surface area contributed by atoms with Crippen LogP contribution in [0.25, 0.3) is 5.69 Å². The molecule has 10 heteroatoms. The minimum atomic E-state index is -4.94. The first-order valence-corrected chi connectivity index (χ1v) is 11.6. The molecule has 0 radical (unpaired) electrons. The Morgan fingerprint density at radius 1 is 0.912 bits per heavy atom. The maximum atomic E-state index is 12.9. The first kappa shape index (κ1) is 23.6. The number of nitrogens with zero attached hydrogens (tertiary/aromatic N) is 3. The van der Waals surface area contributed by atoms with Crippen molar-refractivity contribution in [1.82, 2.24) is 15.1 Å². The molecule has 0 aliphatic heterocycles. The lowest BCUT2D eigenvalue weighted by Crippen LogP contribution is -2.68. The van der Waals surface area contributed by atoms with Crippen LogP contribution in [-0.4, -0.2) is 15.7 Å². The number of hydrogen-bond acceptors (Lipinski definition) is 6. The van der Waals surface area contributed by atoms with Gasteiger partial charge in [-0.15, -0.1) is 10.2 Å². The average molecular weight is 481 g/mol. The number of amides is 1. The number of benzene rings is 3. The van der Waals surface area contributed by atoms with E-state index in [-0.39, 0.29) is 18.0 Å². The van der Waals surface area contributed by atoms with Crippen molar-refractivity contribution in [2.45, 2.75) is 18.5 Å². The number of halogens is 1. The van der Waals surface area contributed by atoms with Gasteiger partial charge in [0, 0.05) is 17.1 Å². The minimum Gasteiger partial charge on any atom is -0.342 e. The quantitative estimate of drug-likeness (QED) is 0.358. The maximum absolute atomic E-state index is 12.9. The van der Waals surface area contributed by atoms with Gasteiger partial charge in [0.2, 0.25) is 6.33 Å². The predicted molar refractivity (Wildman–Crippen MR) is 110 cm³/mol. The van der Waals surface area contributed by atoms with Crippen LogP contribution in [0.3, 0.4) is 0 Å². The van der Waals surface area contributed by atoms with Crippen molar-refractivity contribution in [2.24, 2.45) is 0 Å². The van der Waals surface area contributed by atoms with Gasteiger partial charge >= 0.3 is 0 Å². The lowest BCUT2D eigenvalue weighted by Gasteiger charge is -2.20. The zero-order valence-electron chi connectivity index (χ0n) is 17.9. The van der Waals surface area contributed by atoms with E-state index in [1.54, 1.807) is 0 Å². The molecule has 0 spiro atoms. The Morgan fingerprint density at radius 2 is 1.50 bits per heavy atom. The fraction of sp³-hybridized carbons (Fsp3) is 0.125. The van der Waals surface area contributed by atoms with Gasteiger partial charge in [-0.25, -0.2) is 23.2 Å². The van der Waals surface area contributed by atoms with Gasteiger partial charge in [-0.2, -0.15) is 0 Å². The second-order valence-corrected chi connectivity index (χ2v) is 8.40. The van der Waals surface area contributed by atoms with Crippen molar-refractivity contribution in [3.63, 3.8) is 0 Å². The summed E-state index contributed by atoms with van der Waals surface area (Å²) in [4.78, 5) is 12.9. The van der Waals surface area contributed by atoms with E-state index >= 15 is 0 Å². The van der Waals surface area contributed by atoms with Gasteiger partial charge in [-0.1, -0.05) is 65.3 Å². The molecule has 4 aromatic rings. The van der Waals surface area contributed by atoms with E-state index in [1.807, 2.05) is 84.1 Å². The molecule has 0 unspecified atom stereocenters. The summed E-state index contributed by atoms with van der Waals surface area (Å²) in [6.07, 6.45) is 4.68. The molecule has 1 aliphatic rings. The van der Waals surface area contributed by atoms with E-state index in [4.69, 9.17) is 18.6 Å². The summed E-state index contributed by atoms with van der Waals surface area (Å²) in [5.41, 5.74) is 4.10. The number of rotatable bonds is 4. The summed E-state index contributed by atoms with van der Waals surface area (Å²) in [6, 6.07) is 27.7. The molecule has 1 amide bonds. The van der Waals surface area contributed by atoms with E-state index in [2.05, 4.69) is 33.2 Å². The second kappa shape index (κ2) is 10.1. The lowest BCUT2D eigenvalue weighted by atomic mass is 10.1. The highest BCUT2D eigenvalue weighted by atomic mass is 35.7. The Morgan fingerprint density at radius 3 is 2.18 bits per heavy atom. The van der Waals surface area contributed by atoms with E-state index in [9.17, 15) is 4.79 Å². The molecule has 0 saturated carbocycles. The molecule has 174 valence electrons. The SMILES string of the molecule is O=C(N[C@@H]1c2ccccc2C[C@H]1[n+]1cnn(-c2ccccc2)c1)c1ccccc1.[O-][Cl+3]([O-])([O-])[O-]. The molecule has 1 aromatic heterocycles. The minimum absolute atomic E-state index is 0.0617. The first-order chi connectivity index (χ1) is 16.3. The van der Waals surface area contributed by atoms with Crippen LogP contribution in [0.4, 0.5) is 0 Å². The van der Waals surface area contributed by atoms with Crippen LogP contribution >= 0.6 is 0 Å². The molecule has 9 nitrogen and oxygen atoms in total. The third-order valence-corrected chi connectivity index (χ3v) is 5.48. The van der Waals surface area contributed by atoms with Crippen molar-refractivity contribution in [3.05, 3.63) is 114 Å². The third kappa shape index (κ3) is 5.84. The highest BCUT2D eigenvalue weighted by Crippen LogP contribution is 2.36. The van der Waals surface area contributed by atoms with Crippen LogP contribution in [0.5, 0.6) is 0 Å². The molecule has 3 aromatic carbocycles. The molecule has 1 N–H and O–H groups in total. The normalized spacial score (nSPS) is 16.8. The van der Waals surface area contributed by atoms with Crippen molar-refractivity contribution >= 4 is 5.91 Å². The van der Waals surface area contributed by atoms with Crippen molar-refractivity contribution < 1.29 is 38.2 Å². The first-order valence-electron chi connectivity index (χ1n) is 10.4. The van der Waals surface area contributed by atoms with Crippen LogP contribution in [-0.2, 0) is 6.42 Å². The molecule has 1 heterocycles. The maximum Gasteiger partial charge on any atom is 0.265 e. The number of aromatic nitrogens is 3. The van der Waals surface area contributed by atoms with Gasteiger partial charge in [0.1, 0.15) is 11.7 Å². The molecule has 1 aliphatic carbocycles. The van der Waals surface area contributed by atoms with Gasteiger partial charge in [0.25, 0.3) is 12.2 Å². The van der Waals surface area contributed by atoms with Crippen molar-refractivity contribution in [3.8, 4) is 5.69 Å². The number of hydrogen-bond donors (Lipinski definition) is 1. The third-order valence-electron chi connectivity index (χ3n) is 5.48. The van der Waals surface area contributed by atoms with Gasteiger partial charge < -0.3 is 5.32 Å². The average Bonchev–Trinajstić information content (AvgIpc) is 3.45. The molecule has 2 atom stereocenters. The monoisotopic (exact) mass is 480 g/mol. The summed E-state index contributed by atoms with van der Waals surface area (Å²) >= 11 is 0. The molecular formula is C24H21ClN4O5. The zero-order chi connectivity index (χ0) is 24.1. The Labute approximate surface area is 197 Å². The van der Waals surface area contributed by atoms with Crippen LogP contribution in [0.1, 0.15) is 33.6 Å². The number of carbonyl (C=O) groups excluding carboxylic acids is 1. The Balaban J connectivity index is 0.000000499. The van der Waals surface area contributed by atoms with Crippen molar-refractivity contribution in [1.29, 1.82) is 0 Å². The molecule has 34 heavy (non-hydrogen) atoms. The smallest absolute Gasteiger partial charge is 0.265 e. The van der Waals surface area contributed by atoms with E-state index < -0.39 is 10.2 Å². The second-order valence-electron chi connectivity index (χ2n) is 7.64. The van der Waals surface area contributed by atoms with Crippen LogP contribution in [0, 0.1) is 10.2 Å².